The maximum atomic E-state index is 12.3. The van der Waals surface area contributed by atoms with Crippen molar-refractivity contribution in [1.29, 1.82) is 0 Å². The van der Waals surface area contributed by atoms with Gasteiger partial charge in [-0.25, -0.2) is 0 Å². The van der Waals surface area contributed by atoms with Gasteiger partial charge in [0.05, 0.1) is 5.69 Å². The monoisotopic (exact) mass is 278 g/mol. The molecule has 1 heterocycles. The molecule has 112 valence electrons. The summed E-state index contributed by atoms with van der Waals surface area (Å²) < 4.78 is 1.93. The van der Waals surface area contributed by atoms with Gasteiger partial charge in [-0.05, 0) is 39.3 Å². The molecule has 1 aromatic heterocycles. The van der Waals surface area contributed by atoms with Crippen LogP contribution in [0.5, 0.6) is 0 Å². The summed E-state index contributed by atoms with van der Waals surface area (Å²) in [5, 5.41) is 3.02. The number of rotatable bonds is 7. The maximum absolute atomic E-state index is 12.3. The van der Waals surface area contributed by atoms with Gasteiger partial charge >= 0.3 is 0 Å². The molecule has 0 aliphatic heterocycles. The van der Waals surface area contributed by atoms with E-state index in [2.05, 4.69) is 31.1 Å². The Morgan fingerprint density at radius 1 is 1.60 bits per heavy atom. The van der Waals surface area contributed by atoms with Gasteiger partial charge in [0.15, 0.2) is 0 Å². The second kappa shape index (κ2) is 6.31. The predicted molar refractivity (Wildman–Crippen MR) is 81.7 cm³/mol. The fourth-order valence-corrected chi connectivity index (χ4v) is 2.47. The number of anilines is 1. The maximum Gasteiger partial charge on any atom is 0.268 e. The normalized spacial score (nSPS) is 16.4. The molecule has 1 amide bonds. The lowest BCUT2D eigenvalue weighted by Crippen LogP contribution is -2.41. The molecule has 5 heteroatoms. The molecule has 1 aliphatic carbocycles. The Morgan fingerprint density at radius 3 is 2.90 bits per heavy atom. The molecule has 1 saturated carbocycles. The molecule has 2 rings (SSSR count). The number of aromatic nitrogens is 1. The van der Waals surface area contributed by atoms with E-state index in [1.54, 1.807) is 6.07 Å². The zero-order valence-electron chi connectivity index (χ0n) is 12.7. The van der Waals surface area contributed by atoms with Gasteiger partial charge in [0.25, 0.3) is 5.91 Å². The van der Waals surface area contributed by atoms with E-state index < -0.39 is 0 Å². The van der Waals surface area contributed by atoms with Crippen LogP contribution in [-0.2, 0) is 6.54 Å². The molecule has 0 bridgehead atoms. The van der Waals surface area contributed by atoms with Crippen molar-refractivity contribution in [2.24, 2.45) is 0 Å². The first-order valence-corrected chi connectivity index (χ1v) is 7.48. The highest BCUT2D eigenvalue weighted by atomic mass is 16.1. The molecule has 0 aromatic carbocycles. The van der Waals surface area contributed by atoms with Crippen LogP contribution in [0.4, 0.5) is 5.69 Å². The molecule has 1 fully saturated rings. The van der Waals surface area contributed by atoms with Gasteiger partial charge in [-0.3, -0.25) is 9.69 Å². The van der Waals surface area contributed by atoms with Gasteiger partial charge in [-0.15, -0.1) is 0 Å². The summed E-state index contributed by atoms with van der Waals surface area (Å²) in [6, 6.07) is 2.82. The number of nitrogen functional groups attached to an aromatic ring is 1. The first-order chi connectivity index (χ1) is 9.52. The number of hydrogen-bond donors (Lipinski definition) is 2. The Morgan fingerprint density at radius 2 is 2.30 bits per heavy atom. The Hall–Kier alpha value is -1.49. The van der Waals surface area contributed by atoms with Crippen LogP contribution in [0.1, 0.15) is 43.6 Å². The number of nitrogens with two attached hydrogens (primary N) is 1. The average Bonchev–Trinajstić information content (AvgIpc) is 3.19. The van der Waals surface area contributed by atoms with E-state index in [1.807, 2.05) is 10.8 Å². The lowest BCUT2D eigenvalue weighted by molar-refractivity contribution is 0.0930. The van der Waals surface area contributed by atoms with Crippen LogP contribution in [0, 0.1) is 0 Å². The zero-order chi connectivity index (χ0) is 14.7. The largest absolute Gasteiger partial charge is 0.397 e. The van der Waals surface area contributed by atoms with Gasteiger partial charge in [-0.2, -0.15) is 0 Å². The zero-order valence-corrected chi connectivity index (χ0v) is 12.7. The number of amides is 1. The molecule has 5 nitrogen and oxygen atoms in total. The summed E-state index contributed by atoms with van der Waals surface area (Å²) in [7, 11) is 2.13. The summed E-state index contributed by atoms with van der Waals surface area (Å²) in [5.74, 6) is -0.0359. The number of nitrogens with zero attached hydrogens (tertiary/aromatic N) is 2. The minimum Gasteiger partial charge on any atom is -0.397 e. The third-order valence-corrected chi connectivity index (χ3v) is 3.99. The fraction of sp³-hybridized carbons (Fsp3) is 0.667. The highest BCUT2D eigenvalue weighted by Gasteiger charge is 2.29. The highest BCUT2D eigenvalue weighted by Crippen LogP contribution is 2.26. The van der Waals surface area contributed by atoms with E-state index in [-0.39, 0.29) is 5.91 Å². The van der Waals surface area contributed by atoms with Gasteiger partial charge < -0.3 is 15.6 Å². The van der Waals surface area contributed by atoms with Crippen molar-refractivity contribution in [3.8, 4) is 0 Å². The Bertz CT molecular complexity index is 464. The van der Waals surface area contributed by atoms with Crippen molar-refractivity contribution >= 4 is 11.6 Å². The molecule has 0 spiro atoms. The van der Waals surface area contributed by atoms with E-state index in [0.717, 1.165) is 13.0 Å². The topological polar surface area (TPSA) is 63.3 Å². The van der Waals surface area contributed by atoms with E-state index in [0.29, 0.717) is 30.0 Å². The summed E-state index contributed by atoms with van der Waals surface area (Å²) in [4.78, 5) is 14.6. The third kappa shape index (κ3) is 3.54. The van der Waals surface area contributed by atoms with Gasteiger partial charge in [0.1, 0.15) is 5.69 Å². The Balaban J connectivity index is 1.90. The SMILES string of the molecule is CCCn1cc(N)cc1C(=O)NCC(C)N(C)C1CC1. The molecule has 0 radical (unpaired) electrons. The molecule has 1 aliphatic rings. The number of carbonyl (C=O) groups excluding carboxylic acids is 1. The third-order valence-electron chi connectivity index (χ3n) is 3.99. The summed E-state index contributed by atoms with van der Waals surface area (Å²) in [6.07, 6.45) is 5.38. The summed E-state index contributed by atoms with van der Waals surface area (Å²) in [6.45, 7) is 5.73. The molecular formula is C15H26N4O. The Kier molecular flexibility index (Phi) is 4.70. The molecule has 0 saturated heterocycles. The van der Waals surface area contributed by atoms with E-state index in [1.165, 1.54) is 12.8 Å². The predicted octanol–water partition coefficient (Wildman–Crippen LogP) is 1.69. The van der Waals surface area contributed by atoms with Crippen molar-refractivity contribution in [2.75, 3.05) is 19.3 Å². The fourth-order valence-electron chi connectivity index (χ4n) is 2.47. The number of likely N-dealkylation sites (N-methyl/N-ethyl adjacent to an activating group) is 1. The number of carbonyl (C=O) groups is 1. The van der Waals surface area contributed by atoms with Crippen LogP contribution in [0.25, 0.3) is 0 Å². The molecular weight excluding hydrogens is 252 g/mol. The van der Waals surface area contributed by atoms with Crippen molar-refractivity contribution in [3.05, 3.63) is 18.0 Å². The number of aryl methyl sites for hydroxylation is 1. The summed E-state index contributed by atoms with van der Waals surface area (Å²) >= 11 is 0. The van der Waals surface area contributed by atoms with Crippen LogP contribution in [0.15, 0.2) is 12.3 Å². The van der Waals surface area contributed by atoms with Crippen LogP contribution < -0.4 is 11.1 Å². The highest BCUT2D eigenvalue weighted by molar-refractivity contribution is 5.93. The molecule has 1 unspecified atom stereocenters. The van der Waals surface area contributed by atoms with Crippen LogP contribution >= 0.6 is 0 Å². The standard InChI is InChI=1S/C15H26N4O/c1-4-7-19-10-12(16)8-14(19)15(20)17-9-11(2)18(3)13-5-6-13/h8,10-11,13H,4-7,9,16H2,1-3H3,(H,17,20). The second-order valence-electron chi connectivity index (χ2n) is 5.81. The number of nitrogens with one attached hydrogen (secondary N) is 1. The van der Waals surface area contributed by atoms with E-state index >= 15 is 0 Å². The molecule has 20 heavy (non-hydrogen) atoms. The van der Waals surface area contributed by atoms with E-state index in [9.17, 15) is 4.79 Å². The van der Waals surface area contributed by atoms with Gasteiger partial charge in [-0.1, -0.05) is 6.92 Å². The summed E-state index contributed by atoms with van der Waals surface area (Å²) in [5.41, 5.74) is 7.09. The minimum atomic E-state index is -0.0359. The van der Waals surface area contributed by atoms with Crippen molar-refractivity contribution in [1.82, 2.24) is 14.8 Å². The second-order valence-corrected chi connectivity index (χ2v) is 5.81. The van der Waals surface area contributed by atoms with Crippen molar-refractivity contribution in [3.63, 3.8) is 0 Å². The van der Waals surface area contributed by atoms with Crippen molar-refractivity contribution < 1.29 is 4.79 Å². The first kappa shape index (κ1) is 14.9. The quantitative estimate of drug-likeness (QED) is 0.798. The number of hydrogen-bond acceptors (Lipinski definition) is 3. The minimum absolute atomic E-state index is 0.0359. The smallest absolute Gasteiger partial charge is 0.268 e. The Labute approximate surface area is 121 Å². The first-order valence-electron chi connectivity index (χ1n) is 7.48. The average molecular weight is 278 g/mol. The van der Waals surface area contributed by atoms with Gasteiger partial charge in [0, 0.05) is 31.4 Å². The van der Waals surface area contributed by atoms with Crippen LogP contribution in [0.3, 0.4) is 0 Å². The molecule has 1 aromatic rings. The van der Waals surface area contributed by atoms with Crippen LogP contribution in [0.2, 0.25) is 0 Å². The molecule has 1 atom stereocenters. The van der Waals surface area contributed by atoms with Crippen molar-refractivity contribution in [2.45, 2.75) is 51.7 Å². The molecule has 3 N–H and O–H groups in total. The van der Waals surface area contributed by atoms with E-state index in [4.69, 9.17) is 5.73 Å². The van der Waals surface area contributed by atoms with Gasteiger partial charge in [0.2, 0.25) is 0 Å². The van der Waals surface area contributed by atoms with Crippen LogP contribution in [-0.4, -0.2) is 41.1 Å². The lowest BCUT2D eigenvalue weighted by atomic mass is 10.2. The lowest BCUT2D eigenvalue weighted by Gasteiger charge is -2.24.